The van der Waals surface area contributed by atoms with E-state index in [2.05, 4.69) is 4.74 Å². The third-order valence-electron chi connectivity index (χ3n) is 3.29. The van der Waals surface area contributed by atoms with Crippen LogP contribution in [0.15, 0.2) is 0 Å². The fourth-order valence-electron chi connectivity index (χ4n) is 2.08. The summed E-state index contributed by atoms with van der Waals surface area (Å²) in [6.45, 7) is 1.83. The lowest BCUT2D eigenvalue weighted by Gasteiger charge is -2.08. The summed E-state index contributed by atoms with van der Waals surface area (Å²) in [6.07, 6.45) is 8.94. The normalized spacial score (nSPS) is 14.1. The number of ether oxygens (including phenoxy) is 1. The average molecular weight is 274 g/mol. The minimum Gasteiger partial charge on any atom is -0.469 e. The summed E-state index contributed by atoms with van der Waals surface area (Å²) in [5, 5.41) is 18.7. The van der Waals surface area contributed by atoms with Gasteiger partial charge in [0.1, 0.15) is 0 Å². The Morgan fingerprint density at radius 3 is 1.89 bits per heavy atom. The van der Waals surface area contributed by atoms with E-state index in [1.54, 1.807) is 0 Å². The summed E-state index contributed by atoms with van der Waals surface area (Å²) < 4.78 is 4.50. The van der Waals surface area contributed by atoms with Crippen molar-refractivity contribution in [1.82, 2.24) is 0 Å². The molecule has 19 heavy (non-hydrogen) atoms. The molecule has 0 rings (SSSR count). The standard InChI is InChI=1S/C15H30O4/c1-13(16)10-8-6-4-3-5-7-9-11-14(17)12-15(18)19-2/h13-14,16-17H,3-12H2,1-2H3. The van der Waals surface area contributed by atoms with Crippen LogP contribution in [0.4, 0.5) is 0 Å². The fourth-order valence-corrected chi connectivity index (χ4v) is 2.08. The van der Waals surface area contributed by atoms with Gasteiger partial charge in [0, 0.05) is 0 Å². The Morgan fingerprint density at radius 2 is 1.42 bits per heavy atom. The van der Waals surface area contributed by atoms with Crippen LogP contribution in [0.2, 0.25) is 0 Å². The van der Waals surface area contributed by atoms with Gasteiger partial charge in [0.2, 0.25) is 0 Å². The molecule has 2 unspecified atom stereocenters. The zero-order valence-corrected chi connectivity index (χ0v) is 12.4. The molecule has 0 aliphatic rings. The summed E-state index contributed by atoms with van der Waals surface area (Å²) in [5.74, 6) is -0.342. The van der Waals surface area contributed by atoms with Crippen molar-refractivity contribution in [2.45, 2.75) is 83.3 Å². The van der Waals surface area contributed by atoms with Crippen LogP contribution in [0.5, 0.6) is 0 Å². The second kappa shape index (κ2) is 12.4. The number of hydrogen-bond acceptors (Lipinski definition) is 4. The van der Waals surface area contributed by atoms with Crippen LogP contribution in [-0.2, 0) is 9.53 Å². The third-order valence-corrected chi connectivity index (χ3v) is 3.29. The summed E-state index contributed by atoms with van der Waals surface area (Å²) >= 11 is 0. The Kier molecular flexibility index (Phi) is 12.0. The first kappa shape index (κ1) is 18.4. The molecule has 0 amide bonds. The highest BCUT2D eigenvalue weighted by Gasteiger charge is 2.10. The van der Waals surface area contributed by atoms with Gasteiger partial charge in [-0.15, -0.1) is 0 Å². The Balaban J connectivity index is 3.20. The maximum absolute atomic E-state index is 10.9. The SMILES string of the molecule is COC(=O)CC(O)CCCCCCCCCC(C)O. The van der Waals surface area contributed by atoms with E-state index in [9.17, 15) is 9.90 Å². The van der Waals surface area contributed by atoms with Gasteiger partial charge < -0.3 is 14.9 Å². The Bertz CT molecular complexity index is 216. The number of unbranched alkanes of at least 4 members (excludes halogenated alkanes) is 6. The summed E-state index contributed by atoms with van der Waals surface area (Å²) in [6, 6.07) is 0. The van der Waals surface area contributed by atoms with Crippen molar-refractivity contribution in [2.24, 2.45) is 0 Å². The van der Waals surface area contributed by atoms with Crippen LogP contribution in [0.25, 0.3) is 0 Å². The van der Waals surface area contributed by atoms with Gasteiger partial charge >= 0.3 is 5.97 Å². The van der Waals surface area contributed by atoms with Crippen molar-refractivity contribution in [2.75, 3.05) is 7.11 Å². The molecule has 4 nitrogen and oxygen atoms in total. The molecular weight excluding hydrogens is 244 g/mol. The van der Waals surface area contributed by atoms with E-state index in [0.717, 1.165) is 25.7 Å². The van der Waals surface area contributed by atoms with Gasteiger partial charge in [0.25, 0.3) is 0 Å². The fraction of sp³-hybridized carbons (Fsp3) is 0.933. The summed E-state index contributed by atoms with van der Waals surface area (Å²) in [4.78, 5) is 10.9. The van der Waals surface area contributed by atoms with E-state index in [4.69, 9.17) is 5.11 Å². The number of methoxy groups -OCH3 is 1. The van der Waals surface area contributed by atoms with Gasteiger partial charge in [-0.3, -0.25) is 4.79 Å². The molecule has 2 atom stereocenters. The lowest BCUT2D eigenvalue weighted by molar-refractivity contribution is -0.142. The van der Waals surface area contributed by atoms with E-state index in [1.165, 1.54) is 32.8 Å². The predicted molar refractivity (Wildman–Crippen MR) is 75.9 cm³/mol. The highest BCUT2D eigenvalue weighted by molar-refractivity contribution is 5.69. The number of carbonyl (C=O) groups excluding carboxylic acids is 1. The van der Waals surface area contributed by atoms with Crippen molar-refractivity contribution < 1.29 is 19.7 Å². The molecule has 0 radical (unpaired) electrons. The van der Waals surface area contributed by atoms with Crippen LogP contribution in [0.3, 0.4) is 0 Å². The van der Waals surface area contributed by atoms with Crippen LogP contribution in [0.1, 0.15) is 71.1 Å². The Hall–Kier alpha value is -0.610. The summed E-state index contributed by atoms with van der Waals surface area (Å²) in [7, 11) is 1.34. The maximum Gasteiger partial charge on any atom is 0.308 e. The van der Waals surface area contributed by atoms with E-state index < -0.39 is 6.10 Å². The quantitative estimate of drug-likeness (QED) is 0.424. The van der Waals surface area contributed by atoms with Gasteiger partial charge in [-0.1, -0.05) is 44.9 Å². The smallest absolute Gasteiger partial charge is 0.308 e. The summed E-state index contributed by atoms with van der Waals surface area (Å²) in [5.41, 5.74) is 0. The second-order valence-corrected chi connectivity index (χ2v) is 5.34. The molecule has 2 N–H and O–H groups in total. The van der Waals surface area contributed by atoms with Gasteiger partial charge in [0.15, 0.2) is 0 Å². The van der Waals surface area contributed by atoms with Gasteiger partial charge in [0.05, 0.1) is 25.7 Å². The van der Waals surface area contributed by atoms with Crippen molar-refractivity contribution in [1.29, 1.82) is 0 Å². The molecule has 114 valence electrons. The molecule has 4 heteroatoms. The molecule has 0 aromatic heterocycles. The molecular formula is C15H30O4. The van der Waals surface area contributed by atoms with Gasteiger partial charge in [-0.05, 0) is 19.8 Å². The lowest BCUT2D eigenvalue weighted by atomic mass is 10.0. The maximum atomic E-state index is 10.9. The topological polar surface area (TPSA) is 66.8 Å². The molecule has 0 heterocycles. The third kappa shape index (κ3) is 13.6. The van der Waals surface area contributed by atoms with Crippen LogP contribution in [0, 0.1) is 0 Å². The van der Waals surface area contributed by atoms with Gasteiger partial charge in [-0.2, -0.15) is 0 Å². The first-order valence-electron chi connectivity index (χ1n) is 7.49. The van der Waals surface area contributed by atoms with Crippen LogP contribution >= 0.6 is 0 Å². The number of aliphatic hydroxyl groups excluding tert-OH is 2. The van der Waals surface area contributed by atoms with E-state index in [0.29, 0.717) is 6.42 Å². The average Bonchev–Trinajstić information content (AvgIpc) is 2.36. The predicted octanol–water partition coefficient (Wildman–Crippen LogP) is 2.80. The molecule has 0 aromatic carbocycles. The highest BCUT2D eigenvalue weighted by atomic mass is 16.5. The molecule has 0 saturated carbocycles. The molecule has 0 spiro atoms. The van der Waals surface area contributed by atoms with Crippen molar-refractivity contribution in [3.63, 3.8) is 0 Å². The first-order chi connectivity index (χ1) is 9.06. The number of carbonyl (C=O) groups is 1. The zero-order chi connectivity index (χ0) is 14.5. The van der Waals surface area contributed by atoms with E-state index in [1.807, 2.05) is 6.92 Å². The van der Waals surface area contributed by atoms with Crippen molar-refractivity contribution in [3.05, 3.63) is 0 Å². The molecule has 0 bridgehead atoms. The van der Waals surface area contributed by atoms with Gasteiger partial charge in [-0.25, -0.2) is 0 Å². The number of esters is 1. The molecule has 0 aliphatic heterocycles. The molecule has 0 aliphatic carbocycles. The number of rotatable bonds is 12. The number of hydrogen-bond donors (Lipinski definition) is 2. The Labute approximate surface area is 117 Å². The Morgan fingerprint density at radius 1 is 0.947 bits per heavy atom. The largest absolute Gasteiger partial charge is 0.469 e. The second-order valence-electron chi connectivity index (χ2n) is 5.34. The monoisotopic (exact) mass is 274 g/mol. The van der Waals surface area contributed by atoms with Crippen molar-refractivity contribution >= 4 is 5.97 Å². The lowest BCUT2D eigenvalue weighted by Crippen LogP contribution is -2.14. The highest BCUT2D eigenvalue weighted by Crippen LogP contribution is 2.12. The first-order valence-corrected chi connectivity index (χ1v) is 7.49. The molecule has 0 fully saturated rings. The van der Waals surface area contributed by atoms with Crippen LogP contribution in [-0.4, -0.2) is 35.5 Å². The van der Waals surface area contributed by atoms with E-state index >= 15 is 0 Å². The minimum absolute atomic E-state index is 0.107. The zero-order valence-electron chi connectivity index (χ0n) is 12.4. The van der Waals surface area contributed by atoms with Crippen molar-refractivity contribution in [3.8, 4) is 0 Å². The number of aliphatic hydroxyl groups is 2. The van der Waals surface area contributed by atoms with E-state index in [-0.39, 0.29) is 18.5 Å². The molecule has 0 saturated heterocycles. The van der Waals surface area contributed by atoms with Crippen LogP contribution < -0.4 is 0 Å². The minimum atomic E-state index is -0.557. The molecule has 0 aromatic rings.